The Hall–Kier alpha value is -3.49. The number of azide groups is 1. The SMILES string of the molecule is C[C@H](NP(=O)(OC[C@@]1(N=[N+]=[N-])O[C@@H](n2ccc(=O)[nH]c2=O)[C@H](O)[C@@H]1O)Oc1ccccc1)C(=O)OC(C)(C)C. The van der Waals surface area contributed by atoms with Gasteiger partial charge in [-0.05, 0) is 45.4 Å². The van der Waals surface area contributed by atoms with E-state index in [2.05, 4.69) is 15.1 Å². The van der Waals surface area contributed by atoms with E-state index < -0.39 is 67.4 Å². The molecule has 0 saturated carbocycles. The molecule has 3 rings (SSSR count). The van der Waals surface area contributed by atoms with Gasteiger partial charge >= 0.3 is 19.4 Å². The third-order valence-corrected chi connectivity index (χ3v) is 6.89. The maximum Gasteiger partial charge on any atom is 0.459 e. The van der Waals surface area contributed by atoms with Crippen LogP contribution in [0.1, 0.15) is 33.9 Å². The van der Waals surface area contributed by atoms with Gasteiger partial charge in [0.2, 0.25) is 5.72 Å². The Bertz CT molecular complexity index is 1390. The number of H-pyrrole nitrogens is 1. The number of ether oxygens (including phenoxy) is 2. The van der Waals surface area contributed by atoms with Gasteiger partial charge in [-0.25, -0.2) is 9.36 Å². The Balaban J connectivity index is 1.91. The molecule has 0 bridgehead atoms. The van der Waals surface area contributed by atoms with Crippen molar-refractivity contribution >= 4 is 13.7 Å². The third kappa shape index (κ3) is 7.34. The van der Waals surface area contributed by atoms with Crippen LogP contribution < -0.4 is 20.9 Å². The summed E-state index contributed by atoms with van der Waals surface area (Å²) in [5, 5.41) is 27.2. The van der Waals surface area contributed by atoms with Crippen molar-refractivity contribution in [2.24, 2.45) is 5.11 Å². The minimum Gasteiger partial charge on any atom is -0.459 e. The largest absolute Gasteiger partial charge is 0.459 e. The van der Waals surface area contributed by atoms with Crippen molar-refractivity contribution in [3.8, 4) is 5.75 Å². The molecule has 1 aliphatic rings. The fourth-order valence-electron chi connectivity index (χ4n) is 3.49. The van der Waals surface area contributed by atoms with Gasteiger partial charge in [0.05, 0.1) is 6.61 Å². The van der Waals surface area contributed by atoms with Crippen molar-refractivity contribution in [3.05, 3.63) is 73.9 Å². The van der Waals surface area contributed by atoms with Gasteiger partial charge < -0.3 is 24.2 Å². The number of carbonyl (C=O) groups excluding carboxylic acids is 1. The lowest BCUT2D eigenvalue weighted by Crippen LogP contribution is -2.46. The number of benzene rings is 1. The Labute approximate surface area is 221 Å². The van der Waals surface area contributed by atoms with Gasteiger partial charge in [-0.3, -0.25) is 23.7 Å². The normalized spacial score (nSPS) is 25.2. The Kier molecular flexibility index (Phi) is 9.03. The van der Waals surface area contributed by atoms with Crippen LogP contribution in [-0.4, -0.2) is 61.9 Å². The molecule has 2 heterocycles. The number of hydrogen-bond acceptors (Lipinski definition) is 11. The van der Waals surface area contributed by atoms with Gasteiger partial charge in [0.25, 0.3) is 5.56 Å². The van der Waals surface area contributed by atoms with E-state index in [4.69, 9.17) is 18.5 Å². The average molecular weight is 568 g/mol. The van der Waals surface area contributed by atoms with E-state index in [1.807, 2.05) is 4.98 Å². The first-order valence-corrected chi connectivity index (χ1v) is 13.1. The van der Waals surface area contributed by atoms with Crippen LogP contribution in [0.15, 0.2) is 57.3 Å². The van der Waals surface area contributed by atoms with E-state index in [0.717, 1.165) is 16.8 Å². The molecule has 212 valence electrons. The number of aromatic amines is 1. The fraction of sp³-hybridized carbons (Fsp3) is 0.500. The first-order valence-electron chi connectivity index (χ1n) is 11.6. The summed E-state index contributed by atoms with van der Waals surface area (Å²) in [6.07, 6.45) is -4.49. The predicted octanol–water partition coefficient (Wildman–Crippen LogP) is 1.32. The highest BCUT2D eigenvalue weighted by molar-refractivity contribution is 7.52. The first-order chi connectivity index (χ1) is 18.2. The van der Waals surface area contributed by atoms with Crippen LogP contribution in [0.2, 0.25) is 0 Å². The van der Waals surface area contributed by atoms with E-state index in [0.29, 0.717) is 0 Å². The van der Waals surface area contributed by atoms with Gasteiger partial charge in [0, 0.05) is 17.2 Å². The number of aliphatic hydroxyl groups is 2. The van der Waals surface area contributed by atoms with E-state index in [-0.39, 0.29) is 5.75 Å². The van der Waals surface area contributed by atoms with Crippen LogP contribution in [-0.2, 0) is 23.4 Å². The number of rotatable bonds is 10. The molecule has 2 aromatic rings. The molecule has 0 radical (unpaired) electrons. The van der Waals surface area contributed by atoms with Crippen molar-refractivity contribution < 1.29 is 38.1 Å². The summed E-state index contributed by atoms with van der Waals surface area (Å²) in [6.45, 7) is 5.32. The zero-order valence-electron chi connectivity index (χ0n) is 21.5. The summed E-state index contributed by atoms with van der Waals surface area (Å²) in [7, 11) is -4.51. The minimum absolute atomic E-state index is 0.0770. The summed E-state index contributed by atoms with van der Waals surface area (Å²) in [4.78, 5) is 40.8. The second-order valence-corrected chi connectivity index (χ2v) is 11.2. The molecule has 1 aliphatic heterocycles. The molecule has 1 saturated heterocycles. The molecule has 1 aromatic carbocycles. The van der Waals surface area contributed by atoms with Crippen molar-refractivity contribution in [1.29, 1.82) is 0 Å². The molecular weight excluding hydrogens is 539 g/mol. The van der Waals surface area contributed by atoms with Gasteiger partial charge in [-0.2, -0.15) is 5.09 Å². The molecule has 16 nitrogen and oxygen atoms in total. The summed E-state index contributed by atoms with van der Waals surface area (Å²) < 4.78 is 36.4. The second-order valence-electron chi connectivity index (χ2n) is 9.56. The summed E-state index contributed by atoms with van der Waals surface area (Å²) >= 11 is 0. The predicted molar refractivity (Wildman–Crippen MR) is 134 cm³/mol. The fourth-order valence-corrected chi connectivity index (χ4v) is 5.01. The molecular formula is C22H29N6O10P. The van der Waals surface area contributed by atoms with Crippen molar-refractivity contribution in [1.82, 2.24) is 14.6 Å². The topological polar surface area (TPSA) is 227 Å². The molecule has 0 aliphatic carbocycles. The number of hydrogen-bond donors (Lipinski definition) is 4. The van der Waals surface area contributed by atoms with E-state index in [9.17, 15) is 34.7 Å². The lowest BCUT2D eigenvalue weighted by atomic mass is 10.1. The molecule has 6 atom stereocenters. The number of para-hydroxylation sites is 1. The zero-order chi connectivity index (χ0) is 29.0. The van der Waals surface area contributed by atoms with E-state index in [1.54, 1.807) is 39.0 Å². The highest BCUT2D eigenvalue weighted by Gasteiger charge is 2.56. The number of carbonyl (C=O) groups is 1. The van der Waals surface area contributed by atoms with Gasteiger partial charge in [0.1, 0.15) is 29.6 Å². The molecule has 1 aromatic heterocycles. The monoisotopic (exact) mass is 568 g/mol. The van der Waals surface area contributed by atoms with Crippen LogP contribution >= 0.6 is 7.75 Å². The molecule has 0 amide bonds. The van der Waals surface area contributed by atoms with Crippen LogP contribution in [0, 0.1) is 0 Å². The zero-order valence-corrected chi connectivity index (χ0v) is 22.3. The molecule has 4 N–H and O–H groups in total. The lowest BCUT2D eigenvalue weighted by molar-refractivity contribution is -0.156. The quantitative estimate of drug-likeness (QED) is 0.105. The average Bonchev–Trinajstić information content (AvgIpc) is 3.08. The molecule has 17 heteroatoms. The highest BCUT2D eigenvalue weighted by atomic mass is 31.2. The van der Waals surface area contributed by atoms with Gasteiger partial charge in [-0.1, -0.05) is 23.3 Å². The molecule has 39 heavy (non-hydrogen) atoms. The smallest absolute Gasteiger partial charge is 0.459 e. The van der Waals surface area contributed by atoms with Crippen molar-refractivity contribution in [2.45, 2.75) is 63.5 Å². The van der Waals surface area contributed by atoms with Crippen LogP contribution in [0.25, 0.3) is 10.4 Å². The number of nitrogens with zero attached hydrogens (tertiary/aromatic N) is 4. The Morgan fingerprint density at radius 2 is 1.97 bits per heavy atom. The van der Waals surface area contributed by atoms with E-state index in [1.165, 1.54) is 19.1 Å². The molecule has 1 unspecified atom stereocenters. The molecule has 1 fully saturated rings. The third-order valence-electron chi connectivity index (χ3n) is 5.26. The number of esters is 1. The van der Waals surface area contributed by atoms with Crippen LogP contribution in [0.4, 0.5) is 0 Å². The molecule has 0 spiro atoms. The summed E-state index contributed by atoms with van der Waals surface area (Å²) in [5.74, 6) is -0.703. The second kappa shape index (κ2) is 11.7. The standard InChI is InChI=1S/C22H29N6O10P/c1-13(19(32)37-21(2,3)4)25-39(34,38-14-8-6-5-7-9-14)35-12-22(26-27-23)17(31)16(30)18(36-22)28-11-10-15(29)24-20(28)33/h5-11,13,16-18,30-31H,12H2,1-4H3,(H,25,34)(H,24,29,33)/t13-,16+,17-,18+,22+,39?/m0/s1. The minimum atomic E-state index is -4.51. The van der Waals surface area contributed by atoms with Crippen LogP contribution in [0.5, 0.6) is 5.75 Å². The van der Waals surface area contributed by atoms with E-state index >= 15 is 0 Å². The summed E-state index contributed by atoms with van der Waals surface area (Å²) in [6, 6.07) is 7.52. The lowest BCUT2D eigenvalue weighted by Gasteiger charge is -2.30. The number of aliphatic hydroxyl groups excluding tert-OH is 2. The maximum absolute atomic E-state index is 13.8. The van der Waals surface area contributed by atoms with Gasteiger partial charge in [-0.15, -0.1) is 0 Å². The van der Waals surface area contributed by atoms with Crippen molar-refractivity contribution in [3.63, 3.8) is 0 Å². The Morgan fingerprint density at radius 1 is 1.31 bits per heavy atom. The highest BCUT2D eigenvalue weighted by Crippen LogP contribution is 2.48. The number of nitrogens with one attached hydrogen (secondary N) is 2. The first kappa shape index (κ1) is 30.1. The van der Waals surface area contributed by atoms with Crippen LogP contribution in [0.3, 0.4) is 0 Å². The summed E-state index contributed by atoms with van der Waals surface area (Å²) in [5.41, 5.74) is 4.20. The Morgan fingerprint density at radius 3 is 2.56 bits per heavy atom. The van der Waals surface area contributed by atoms with Crippen molar-refractivity contribution in [2.75, 3.05) is 6.61 Å². The van der Waals surface area contributed by atoms with Gasteiger partial charge in [0.15, 0.2) is 6.23 Å². The number of aromatic nitrogens is 2. The maximum atomic E-state index is 13.8.